The molecule has 0 bridgehead atoms. The summed E-state index contributed by atoms with van der Waals surface area (Å²) in [5.74, 6) is -19.6. The molecule has 824 valence electrons. The fourth-order valence-corrected chi connectivity index (χ4v) is 18.5. The Morgan fingerprint density at radius 1 is 0.484 bits per heavy atom. The molecule has 4 saturated heterocycles. The zero-order valence-electron chi connectivity index (χ0n) is 191. The number of benzene rings is 2. The van der Waals surface area contributed by atoms with Crippen molar-refractivity contribution in [3.05, 3.63) is 124 Å². The lowest BCUT2D eigenvalue weighted by atomic mass is 10.1. The van der Waals surface area contributed by atoms with Crippen molar-refractivity contribution in [2.75, 3.05) is 129 Å². The van der Waals surface area contributed by atoms with Crippen molar-refractivity contribution in [2.24, 2.45) is 57.6 Å². The quantitative estimate of drug-likeness (QED) is 0.0100. The number of carbonyl (C=O) groups is 8. The first-order valence-electron chi connectivity index (χ1n) is 98.9. The minimum absolute atomic E-state index is 0. The third-order valence-corrected chi connectivity index (χ3v) is 25.1. The molecule has 4 fully saturated rings. The molecule has 8 atom stereocenters. The number of sulfonamides is 3. The number of ether oxygens (including phenoxy) is 7. The summed E-state index contributed by atoms with van der Waals surface area (Å²) in [6.07, 6.45) is 1.62. The maximum atomic E-state index is 15.1. The topological polar surface area (TPSA) is 517 Å². The van der Waals surface area contributed by atoms with Crippen LogP contribution in [-0.2, 0) is 95.7 Å². The molecular formula is C72H216ClF9N14O26S4. The van der Waals surface area contributed by atoms with E-state index in [0.717, 1.165) is 45.5 Å². The number of aryl methyl sites for hydroxylation is 4. The van der Waals surface area contributed by atoms with Crippen LogP contribution in [0.25, 0.3) is 0 Å². The van der Waals surface area contributed by atoms with Crippen molar-refractivity contribution >= 4 is 109 Å². The van der Waals surface area contributed by atoms with Gasteiger partial charge in [-0.05, 0) is 41.5 Å². The number of fused-ring (bicyclic) bond motifs is 2. The first kappa shape index (κ1) is 45.5. The number of rotatable bonds is 22. The van der Waals surface area contributed by atoms with Gasteiger partial charge in [-0.25, -0.2) is 116 Å². The largest absolute Gasteiger partial charge is 0.489 e. The third kappa shape index (κ3) is 24.6. The van der Waals surface area contributed by atoms with Crippen LogP contribution < -0.4 is 35.3 Å². The van der Waals surface area contributed by atoms with Gasteiger partial charge in [0, 0.05) is 402 Å². The number of aliphatic hydroxyl groups excluding tert-OH is 3. The van der Waals surface area contributed by atoms with E-state index < -0.39 is 213 Å². The Labute approximate surface area is 909 Å². The van der Waals surface area contributed by atoms with Gasteiger partial charge in [0.2, 0.25) is 30.1 Å². The van der Waals surface area contributed by atoms with E-state index in [-0.39, 0.29) is 134 Å². The van der Waals surface area contributed by atoms with E-state index >= 15 is 4.39 Å². The maximum Gasteiger partial charge on any atom is 0.409 e. The van der Waals surface area contributed by atoms with Gasteiger partial charge in [0.25, 0.3) is 20.9 Å². The van der Waals surface area contributed by atoms with Gasteiger partial charge in [-0.1, -0.05) is 0 Å². The van der Waals surface area contributed by atoms with Gasteiger partial charge in [0.05, 0.1) is 46.2 Å². The van der Waals surface area contributed by atoms with Crippen LogP contribution in [0.4, 0.5) is 70.1 Å². The highest BCUT2D eigenvalue weighted by atomic mass is 35.7. The van der Waals surface area contributed by atoms with Gasteiger partial charge in [0.1, 0.15) is 25.3 Å². The van der Waals surface area contributed by atoms with Crippen LogP contribution in [0.1, 0.15) is 266 Å². The highest BCUT2D eigenvalue weighted by Crippen LogP contribution is 2.36. The Kier molecular flexibility index (Phi) is 15.8. The number of nitrogens with two attached hydrogens (primary N) is 1. The molecule has 2 aromatic carbocycles. The van der Waals surface area contributed by atoms with Gasteiger partial charge >= 0.3 is 36.3 Å². The van der Waals surface area contributed by atoms with Crippen LogP contribution >= 0.6 is 10.7 Å². The average Bonchev–Trinajstić information content (AvgIpc) is 1.60. The molecule has 4 aromatic heterocycles. The van der Waals surface area contributed by atoms with Crippen molar-refractivity contribution in [1.29, 1.82) is 0 Å². The maximum absolute atomic E-state index is 15.1. The van der Waals surface area contributed by atoms with Crippen molar-refractivity contribution in [1.82, 2.24) is 52.0 Å². The van der Waals surface area contributed by atoms with E-state index in [4.69, 9.17) is 231 Å². The number of anilines is 2. The molecule has 5 aliphatic heterocycles. The molecule has 0 aliphatic carbocycles. The van der Waals surface area contributed by atoms with Crippen LogP contribution in [0.3, 0.4) is 0 Å². The Morgan fingerprint density at radius 3 is 1.18 bits per heavy atom. The molecule has 0 spiro atoms. The van der Waals surface area contributed by atoms with E-state index in [2.05, 4.69) is 24.2 Å². The molecule has 11 rings (SSSR count). The van der Waals surface area contributed by atoms with E-state index in [1.54, 1.807) is 41.5 Å². The summed E-state index contributed by atoms with van der Waals surface area (Å²) in [4.78, 5) is 98.3. The van der Waals surface area contributed by atoms with Gasteiger partial charge in [-0.15, -0.1) is 0 Å². The second kappa shape index (κ2) is 43.8. The highest BCUT2D eigenvalue weighted by molar-refractivity contribution is 8.13. The number of hydrogen-bond acceptors (Lipinski definition) is 27. The van der Waals surface area contributed by atoms with Crippen LogP contribution in [0.5, 0.6) is 5.75 Å². The van der Waals surface area contributed by atoms with Crippen LogP contribution in [0.2, 0.25) is 0 Å². The summed E-state index contributed by atoms with van der Waals surface area (Å²) in [5, 5.41) is 32.2. The number of likely N-dealkylation sites (tertiary alicyclic amines) is 4. The molecule has 10 N–H and O–H groups in total. The minimum Gasteiger partial charge on any atom is -0.489 e. The molecule has 54 heteroatoms. The summed E-state index contributed by atoms with van der Waals surface area (Å²) in [6, 6.07) is -0.451. The number of halogens is 10. The molecule has 40 nitrogen and oxygen atoms in total. The zero-order valence-corrected chi connectivity index (χ0v) is 72.8. The van der Waals surface area contributed by atoms with Crippen LogP contribution in [0.15, 0.2) is 68.6 Å². The standard InChI is InChI=1S/C20H22F4N4O6S.C20H21F3N4O6S.C16H24FN3O7S.C8H9ClFNO4S.C8H16N2O3.62H2/c1-3-34-20(31)28-6-10(9-29)14(7-28)26-35(32,33)15-8-27(2)18(17(15)24)19(30)25-11-4-12(21)16(23)13(22)5-11;1-3-32-20(29)27-6-10-9-33-18-15(34(30,31)25-14(10)7-27)8-26(2)17(18)19(28)24-11-4-12(21)16(23)13(22)5-11;1-4-26-15(22)14-13(17)12(8-19(14)3)28(24,25)18-11-7-20(6-10(11)9-21)16(23)27-5-2;1-3-15-8(12)7-6(10)5(4-11(7)2)16(9,13)14;1-2-13-8(12)10-3-6(5-11)7(9)4-10;;;;;;;;;;;;;;;;;;;;;;;;;;;;;;;;;;;;;;;;;;;;;;;;;;;;;;;;;;;;;;/h4-5,8,10,14,26,29H,3,6-7,9H2,1-2H3,(H,25,30);4-5,8,10,14,25H,3,6-7,9H2,1-2H3,(H,24,28);8,10-11,18,21H,4-7,9H2,1-3H3;4H,3H2,1-2H3;6-7,11H,2-5,9H2,1H3;62*1H/t2*10-,14-;10-,11-;;6-,7-;;;;;;;;;;;;;;;;;;;;;;;;;;;;;;;;;;;;;;;;;;;;;;;;;;;;;;;;;;;;;;/m000.0............................................................../s1/i;;;;;61*1+1D;1+1. The Balaban J connectivity index is -0.0000000303. The summed E-state index contributed by atoms with van der Waals surface area (Å²) in [7, 11) is -7.15. The van der Waals surface area contributed by atoms with Crippen molar-refractivity contribution < 1.29 is 343 Å². The average molecular weight is 2150 g/mol. The number of amides is 6. The normalized spacial score (nSPS) is 23.3. The van der Waals surface area contributed by atoms with Gasteiger partial charge in [0.15, 0.2) is 75.2 Å². The van der Waals surface area contributed by atoms with Crippen molar-refractivity contribution in [3.8, 4) is 5.75 Å². The van der Waals surface area contributed by atoms with Crippen molar-refractivity contribution in [3.63, 3.8) is 0 Å². The second-order valence-corrected chi connectivity index (χ2v) is 35.6. The van der Waals surface area contributed by atoms with E-state index in [0.29, 0.717) is 44.0 Å². The summed E-state index contributed by atoms with van der Waals surface area (Å²) >= 11 is 0. The molecule has 126 heavy (non-hydrogen) atoms. The highest BCUT2D eigenvalue weighted by Gasteiger charge is 2.46. The van der Waals surface area contributed by atoms with Gasteiger partial charge in [-0.2, -0.15) is 0 Å². The number of aromatic nitrogens is 4. The predicted molar refractivity (Wildman–Crippen MR) is 551 cm³/mol. The molecule has 9 heterocycles. The van der Waals surface area contributed by atoms with Crippen LogP contribution in [-0.4, -0.2) is 278 Å². The first-order valence-corrected chi connectivity index (χ1v) is 44.7. The number of aliphatic hydroxyl groups is 3. The summed E-state index contributed by atoms with van der Waals surface area (Å²) < 4.78 is 878. The Hall–Kier alpha value is -10.5. The minimum atomic E-state index is -4.59. The molecule has 6 aromatic rings. The molecule has 0 unspecified atom stereocenters. The van der Waals surface area contributed by atoms with E-state index in [1.165, 1.54) is 45.3 Å². The number of esters is 2. The fraction of sp³-hybridized carbons (Fsp3) is 0.500. The zero-order chi connectivity index (χ0) is 216. The SMILES string of the molecule is CCOC(=O)N1C[C@@H](CO)[C@@H](N)C1.CCOC(=O)N1C[C@@H](CO)[C@@H](NS(=O)(=O)c2cn(C)c(C(=O)Nc3cc(F)c(F)c(F)c3)c2F)C1.CCOC(=O)N1C[C@H]2COc3c(cn(C)c3C(=O)Nc3cc(F)c(F)c(F)c3)S(=O)(=O)N[C@H]2C1.CCOC(=O)c1c(F)c(S(=O)(=O)Cl)cn1C.CCOC(=O)c1c(F)c(S(=O)(=O)N[C@H]2CN(C(=O)OCC)C[C@H]2CO)cn1C.[2HH].[2H][2H].[2H][2H].[2H][2H].[2H][2H].[2H][2H].[2H][2H].[2H][2H].[2H][2H].[2H][2H].[2H][2H].[2H][2H].[2H][2H].[2H][2H].[2H][2H].[2H][2H].[2H][2H].[2H][2H].[2H][2H].[2H][2H].[2H][2H].[2H][2H].[2H][2H].[2H][2H].[2H][2H].[2H][2H].[2H][2H].[2H][2H].[2H][2H].[2H][2H].[2H][2H].[2H][2H].[2H][2H].[2H][2H].[2H][2H].[2H][2H].[2H][2H].[2H][2H].[2H][2H].[2H][2H].[2H][2H].[2H][2H].[2H][2H].[2H][2H].[2H][2H].[2H][2H].[2H][2H].[2H][2H].[2H][2H].[2H][2H].[2H][2H].[2H][2H].[2H][2H].[2H][2H].[2H][2H].[2H][2H].[2H][2H].[2H][2H].[2H][2H].[2H][2H].[2H][2H].[2H][2H]. The molecule has 0 radical (unpaired) electrons. The lowest BCUT2D eigenvalue weighted by molar-refractivity contribution is 0.0499. The lowest BCUT2D eigenvalue weighted by Gasteiger charge is -2.23. The monoisotopic (exact) mass is 2150 g/mol. The van der Waals surface area contributed by atoms with E-state index in [9.17, 15) is 117 Å². The lowest BCUT2D eigenvalue weighted by Crippen LogP contribution is -2.43. The smallest absolute Gasteiger partial charge is 0.409 e. The van der Waals surface area contributed by atoms with Gasteiger partial charge in [-0.3, -0.25) is 9.59 Å². The number of carbonyl (C=O) groups excluding carboxylic acids is 8. The second-order valence-electron chi connectivity index (χ2n) is 28.0. The number of nitrogens with one attached hydrogen (secondary N) is 5. The van der Waals surface area contributed by atoms with Crippen LogP contribution in [0, 0.1) is 76.0 Å². The summed E-state index contributed by atoms with van der Waals surface area (Å²) in [6.45, 7) is 10.9. The number of nitrogens with zero attached hydrogens (tertiary/aromatic N) is 8. The molecule has 0 saturated carbocycles. The summed E-state index contributed by atoms with van der Waals surface area (Å²) in [5.41, 5.74) is 2.81. The molecule has 6 amide bonds. The molecular weight excluding hydrogens is 1810 g/mol. The first-order chi connectivity index (χ1) is 120. The Bertz CT molecular complexity index is 5700. The third-order valence-electron chi connectivity index (χ3n) is 19.3. The Morgan fingerprint density at radius 2 is 0.817 bits per heavy atom. The fourth-order valence-electron chi connectivity index (χ4n) is 13.3. The van der Waals surface area contributed by atoms with Gasteiger partial charge < -0.3 is 103 Å². The predicted octanol–water partition coefficient (Wildman–Crippen LogP) is 19.4. The van der Waals surface area contributed by atoms with Crippen molar-refractivity contribution in [2.45, 2.75) is 85.3 Å². The van der Waals surface area contributed by atoms with E-state index in [1.807, 2.05) is 5.32 Å². The number of hydrogen-bond donors (Lipinski definition) is 9. The molecule has 5 aliphatic rings.